The molecule has 3 rings (SSSR count). The molecule has 0 aliphatic carbocycles. The van der Waals surface area contributed by atoms with Crippen LogP contribution in [0.4, 0.5) is 4.79 Å². The summed E-state index contributed by atoms with van der Waals surface area (Å²) in [6, 6.07) is 4.94. The number of ether oxygens (including phenoxy) is 2. The van der Waals surface area contributed by atoms with Crippen molar-refractivity contribution in [3.05, 3.63) is 23.8 Å². The first-order chi connectivity index (χ1) is 10.6. The Bertz CT molecular complexity index is 619. The number of imide groups is 1. The van der Waals surface area contributed by atoms with Gasteiger partial charge in [0.25, 0.3) is 5.91 Å². The van der Waals surface area contributed by atoms with Gasteiger partial charge in [0.2, 0.25) is 6.79 Å². The Hall–Kier alpha value is -2.28. The van der Waals surface area contributed by atoms with Crippen molar-refractivity contribution >= 4 is 11.9 Å². The number of nitrogens with zero attached hydrogens (tertiary/aromatic N) is 1. The summed E-state index contributed by atoms with van der Waals surface area (Å²) in [5, 5.41) is 2.83. The van der Waals surface area contributed by atoms with Crippen molar-refractivity contribution in [3.8, 4) is 11.5 Å². The molecule has 2 aliphatic heterocycles. The van der Waals surface area contributed by atoms with Gasteiger partial charge in [-0.15, -0.1) is 0 Å². The first kappa shape index (κ1) is 14.6. The summed E-state index contributed by atoms with van der Waals surface area (Å²) in [7, 11) is 0. The van der Waals surface area contributed by atoms with Crippen LogP contribution in [-0.2, 0) is 10.3 Å². The fraction of sp³-hybridized carbons (Fsp3) is 0.467. The van der Waals surface area contributed by atoms with Crippen molar-refractivity contribution in [1.82, 2.24) is 10.2 Å². The topological polar surface area (TPSA) is 93.9 Å². The van der Waals surface area contributed by atoms with E-state index in [4.69, 9.17) is 15.2 Å². The van der Waals surface area contributed by atoms with Gasteiger partial charge in [-0.25, -0.2) is 4.79 Å². The van der Waals surface area contributed by atoms with E-state index in [0.717, 1.165) is 0 Å². The maximum absolute atomic E-state index is 12.8. The van der Waals surface area contributed by atoms with E-state index >= 15 is 0 Å². The molecule has 0 spiro atoms. The van der Waals surface area contributed by atoms with Crippen LogP contribution >= 0.6 is 0 Å². The number of hydrogen-bond acceptors (Lipinski definition) is 5. The normalized spacial score (nSPS) is 23.1. The van der Waals surface area contributed by atoms with Crippen LogP contribution in [0.5, 0.6) is 11.5 Å². The number of nitrogens with one attached hydrogen (secondary N) is 1. The number of benzene rings is 1. The third-order valence-corrected chi connectivity index (χ3v) is 4.16. The Morgan fingerprint density at radius 1 is 1.32 bits per heavy atom. The zero-order valence-electron chi connectivity index (χ0n) is 12.4. The van der Waals surface area contributed by atoms with Crippen molar-refractivity contribution in [2.45, 2.75) is 25.3 Å². The number of urea groups is 1. The van der Waals surface area contributed by atoms with Gasteiger partial charge in [-0.3, -0.25) is 9.69 Å². The van der Waals surface area contributed by atoms with Crippen LogP contribution in [0.3, 0.4) is 0 Å². The van der Waals surface area contributed by atoms with E-state index < -0.39 is 5.54 Å². The van der Waals surface area contributed by atoms with Gasteiger partial charge in [0.05, 0.1) is 0 Å². The SMILES string of the molecule is CCC1(c2ccc3c(c2)OCO3)NC(=O)N(CCCN)C1=O. The molecule has 3 N–H and O–H groups in total. The molecule has 1 unspecified atom stereocenters. The van der Waals surface area contributed by atoms with Crippen LogP contribution in [0.25, 0.3) is 0 Å². The summed E-state index contributed by atoms with van der Waals surface area (Å²) < 4.78 is 10.7. The molecular weight excluding hydrogens is 286 g/mol. The van der Waals surface area contributed by atoms with Gasteiger partial charge in [-0.05, 0) is 37.1 Å². The first-order valence-corrected chi connectivity index (χ1v) is 7.36. The lowest BCUT2D eigenvalue weighted by molar-refractivity contribution is -0.131. The minimum Gasteiger partial charge on any atom is -0.454 e. The van der Waals surface area contributed by atoms with E-state index in [2.05, 4.69) is 5.32 Å². The lowest BCUT2D eigenvalue weighted by Crippen LogP contribution is -2.43. The molecule has 2 heterocycles. The van der Waals surface area contributed by atoms with Gasteiger partial charge in [-0.1, -0.05) is 13.0 Å². The Morgan fingerprint density at radius 2 is 2.09 bits per heavy atom. The highest BCUT2D eigenvalue weighted by molar-refractivity contribution is 6.07. The highest BCUT2D eigenvalue weighted by atomic mass is 16.7. The number of amides is 3. The van der Waals surface area contributed by atoms with Gasteiger partial charge in [0.15, 0.2) is 11.5 Å². The Balaban J connectivity index is 1.95. The summed E-state index contributed by atoms with van der Waals surface area (Å²) in [4.78, 5) is 26.2. The van der Waals surface area contributed by atoms with Crippen molar-refractivity contribution in [2.75, 3.05) is 19.9 Å². The monoisotopic (exact) mass is 305 g/mol. The van der Waals surface area contributed by atoms with E-state index in [1.807, 2.05) is 6.92 Å². The van der Waals surface area contributed by atoms with E-state index in [1.165, 1.54) is 4.90 Å². The second-order valence-electron chi connectivity index (χ2n) is 5.36. The predicted octanol–water partition coefficient (Wildman–Crippen LogP) is 0.921. The quantitative estimate of drug-likeness (QED) is 0.789. The molecule has 0 radical (unpaired) electrons. The van der Waals surface area contributed by atoms with Crippen LogP contribution in [0.15, 0.2) is 18.2 Å². The second kappa shape index (κ2) is 5.49. The molecular formula is C15H19N3O4. The van der Waals surface area contributed by atoms with Crippen LogP contribution < -0.4 is 20.5 Å². The number of carbonyl (C=O) groups excluding carboxylic acids is 2. The van der Waals surface area contributed by atoms with E-state index in [9.17, 15) is 9.59 Å². The summed E-state index contributed by atoms with van der Waals surface area (Å²) >= 11 is 0. The minimum atomic E-state index is -1.05. The summed E-state index contributed by atoms with van der Waals surface area (Å²) in [5.74, 6) is 0.992. The highest BCUT2D eigenvalue weighted by Gasteiger charge is 2.51. The fourth-order valence-electron chi connectivity index (χ4n) is 2.88. The van der Waals surface area contributed by atoms with Crippen molar-refractivity contribution < 1.29 is 19.1 Å². The van der Waals surface area contributed by atoms with E-state index in [0.29, 0.717) is 43.0 Å². The average molecular weight is 305 g/mol. The maximum Gasteiger partial charge on any atom is 0.325 e. The smallest absolute Gasteiger partial charge is 0.325 e. The van der Waals surface area contributed by atoms with Crippen molar-refractivity contribution in [3.63, 3.8) is 0 Å². The maximum atomic E-state index is 12.8. The van der Waals surface area contributed by atoms with Crippen molar-refractivity contribution in [1.29, 1.82) is 0 Å². The summed E-state index contributed by atoms with van der Waals surface area (Å²) in [6.07, 6.45) is 1.04. The molecule has 0 bridgehead atoms. The number of hydrogen-bond donors (Lipinski definition) is 2. The number of nitrogens with two attached hydrogens (primary N) is 1. The minimum absolute atomic E-state index is 0.168. The molecule has 22 heavy (non-hydrogen) atoms. The largest absolute Gasteiger partial charge is 0.454 e. The molecule has 7 heteroatoms. The van der Waals surface area contributed by atoms with Gasteiger partial charge >= 0.3 is 6.03 Å². The number of carbonyl (C=O) groups is 2. The summed E-state index contributed by atoms with van der Waals surface area (Å²) in [5.41, 5.74) is 5.12. The molecule has 0 aromatic heterocycles. The molecule has 1 atom stereocenters. The molecule has 1 fully saturated rings. The van der Waals surface area contributed by atoms with E-state index in [1.54, 1.807) is 18.2 Å². The first-order valence-electron chi connectivity index (χ1n) is 7.36. The fourth-order valence-corrected chi connectivity index (χ4v) is 2.88. The van der Waals surface area contributed by atoms with Gasteiger partial charge in [-0.2, -0.15) is 0 Å². The van der Waals surface area contributed by atoms with Crippen LogP contribution in [0.1, 0.15) is 25.3 Å². The van der Waals surface area contributed by atoms with Crippen LogP contribution in [-0.4, -0.2) is 36.7 Å². The van der Waals surface area contributed by atoms with Gasteiger partial charge < -0.3 is 20.5 Å². The zero-order valence-corrected chi connectivity index (χ0v) is 12.4. The van der Waals surface area contributed by atoms with Gasteiger partial charge in [0, 0.05) is 6.54 Å². The molecule has 3 amide bonds. The molecule has 2 aliphatic rings. The molecule has 1 aromatic rings. The highest BCUT2D eigenvalue weighted by Crippen LogP contribution is 2.39. The molecule has 7 nitrogen and oxygen atoms in total. The Labute approximate surface area is 128 Å². The lowest BCUT2D eigenvalue weighted by atomic mass is 9.87. The van der Waals surface area contributed by atoms with Crippen LogP contribution in [0, 0.1) is 0 Å². The molecule has 1 aromatic carbocycles. The molecule has 0 saturated carbocycles. The van der Waals surface area contributed by atoms with Crippen molar-refractivity contribution in [2.24, 2.45) is 5.73 Å². The van der Waals surface area contributed by atoms with E-state index in [-0.39, 0.29) is 18.7 Å². The lowest BCUT2D eigenvalue weighted by Gasteiger charge is -2.26. The molecule has 118 valence electrons. The predicted molar refractivity (Wildman–Crippen MR) is 78.5 cm³/mol. The van der Waals surface area contributed by atoms with Gasteiger partial charge in [0.1, 0.15) is 5.54 Å². The number of fused-ring (bicyclic) bond motifs is 1. The number of rotatable bonds is 5. The third kappa shape index (κ3) is 2.09. The Kier molecular flexibility index (Phi) is 3.66. The zero-order chi connectivity index (χ0) is 15.7. The third-order valence-electron chi connectivity index (χ3n) is 4.16. The standard InChI is InChI=1S/C15H19N3O4/c1-2-15(10-4-5-11-12(8-10)22-9-21-11)13(19)18(7-3-6-16)14(20)17-15/h4-5,8H,2-3,6-7,9,16H2,1H3,(H,17,20). The Morgan fingerprint density at radius 3 is 2.82 bits per heavy atom. The average Bonchev–Trinajstić information content (AvgIpc) is 3.08. The molecule has 1 saturated heterocycles. The van der Waals surface area contributed by atoms with Crippen LogP contribution in [0.2, 0.25) is 0 Å². The second-order valence-corrected chi connectivity index (χ2v) is 5.36. The summed E-state index contributed by atoms with van der Waals surface area (Å²) in [6.45, 7) is 2.80.